The van der Waals surface area contributed by atoms with E-state index in [1.165, 1.54) is 18.2 Å². The van der Waals surface area contributed by atoms with Gasteiger partial charge in [-0.05, 0) is 12.1 Å². The van der Waals surface area contributed by atoms with E-state index in [1.807, 2.05) is 0 Å². The van der Waals surface area contributed by atoms with Crippen molar-refractivity contribution in [1.82, 2.24) is 0 Å². The van der Waals surface area contributed by atoms with Gasteiger partial charge in [-0.25, -0.2) is 4.79 Å². The first kappa shape index (κ1) is 10.0. The molecule has 0 bridgehead atoms. The summed E-state index contributed by atoms with van der Waals surface area (Å²) in [4.78, 5) is 21.3. The number of aromatic hydroxyl groups is 1. The van der Waals surface area contributed by atoms with Crippen LogP contribution in [-0.4, -0.2) is 22.2 Å². The molecule has 0 unspecified atom stereocenters. The Balaban J connectivity index is 3.21. The van der Waals surface area contributed by atoms with Gasteiger partial charge in [-0.3, -0.25) is 4.79 Å². The fourth-order valence-corrected chi connectivity index (χ4v) is 0.974. The average molecular weight is 196 g/mol. The number of hydrogen-bond acceptors (Lipinski definition) is 4. The smallest absolute Gasteiger partial charge is 0.343 e. The Kier molecular flexibility index (Phi) is 2.71. The molecule has 1 rings (SSSR count). The Morgan fingerprint density at radius 1 is 1.36 bits per heavy atom. The van der Waals surface area contributed by atoms with Crippen molar-refractivity contribution in [3.05, 3.63) is 23.8 Å². The molecule has 14 heavy (non-hydrogen) atoms. The van der Waals surface area contributed by atoms with Crippen LogP contribution in [0, 0.1) is 0 Å². The molecule has 5 nitrogen and oxygen atoms in total. The van der Waals surface area contributed by atoms with Gasteiger partial charge in [0.2, 0.25) is 0 Å². The summed E-state index contributed by atoms with van der Waals surface area (Å²) in [6.07, 6.45) is 0. The topological polar surface area (TPSA) is 83.8 Å². The van der Waals surface area contributed by atoms with Gasteiger partial charge >= 0.3 is 11.9 Å². The summed E-state index contributed by atoms with van der Waals surface area (Å²) in [5.41, 5.74) is -0.414. The highest BCUT2D eigenvalue weighted by atomic mass is 16.5. The van der Waals surface area contributed by atoms with Crippen LogP contribution in [-0.2, 0) is 4.79 Å². The van der Waals surface area contributed by atoms with Crippen LogP contribution in [0.15, 0.2) is 18.2 Å². The Labute approximate surface area is 79.6 Å². The van der Waals surface area contributed by atoms with Crippen molar-refractivity contribution in [3.8, 4) is 11.5 Å². The summed E-state index contributed by atoms with van der Waals surface area (Å²) < 4.78 is 4.61. The second-order valence-electron chi connectivity index (χ2n) is 2.55. The minimum atomic E-state index is -1.35. The Hall–Kier alpha value is -2.04. The van der Waals surface area contributed by atoms with E-state index < -0.39 is 23.3 Å². The molecule has 0 heterocycles. The molecule has 0 saturated carbocycles. The molecule has 5 heteroatoms. The molecule has 0 radical (unpaired) electrons. The van der Waals surface area contributed by atoms with Crippen molar-refractivity contribution in [2.24, 2.45) is 0 Å². The van der Waals surface area contributed by atoms with Crippen molar-refractivity contribution in [2.75, 3.05) is 0 Å². The van der Waals surface area contributed by atoms with Crippen LogP contribution in [0.25, 0.3) is 0 Å². The summed E-state index contributed by atoms with van der Waals surface area (Å²) in [5, 5.41) is 17.9. The summed E-state index contributed by atoms with van der Waals surface area (Å²) >= 11 is 0. The van der Waals surface area contributed by atoms with Gasteiger partial charge in [0.25, 0.3) is 0 Å². The molecular formula is C9H8O5. The molecule has 0 aromatic heterocycles. The average Bonchev–Trinajstić information content (AvgIpc) is 2.01. The van der Waals surface area contributed by atoms with E-state index in [9.17, 15) is 14.7 Å². The van der Waals surface area contributed by atoms with E-state index in [0.717, 1.165) is 6.92 Å². The first-order valence-electron chi connectivity index (χ1n) is 3.76. The molecular weight excluding hydrogens is 188 g/mol. The van der Waals surface area contributed by atoms with Crippen LogP contribution in [0.4, 0.5) is 0 Å². The van der Waals surface area contributed by atoms with Gasteiger partial charge in [-0.2, -0.15) is 0 Å². The second kappa shape index (κ2) is 3.78. The third-order valence-electron chi connectivity index (χ3n) is 1.47. The summed E-state index contributed by atoms with van der Waals surface area (Å²) in [5.74, 6) is -2.58. The van der Waals surface area contributed by atoms with Crippen molar-refractivity contribution in [1.29, 1.82) is 0 Å². The fourth-order valence-electron chi connectivity index (χ4n) is 0.974. The molecule has 2 N–H and O–H groups in total. The standard InChI is InChI=1S/C9H8O5/c1-5(10)14-7-4-2-3-6(11)8(7)9(12)13/h2-4,11H,1H3,(H,12,13). The predicted molar refractivity (Wildman–Crippen MR) is 46.4 cm³/mol. The number of ether oxygens (including phenoxy) is 1. The minimum Gasteiger partial charge on any atom is -0.507 e. The van der Waals surface area contributed by atoms with E-state index in [4.69, 9.17) is 5.11 Å². The SMILES string of the molecule is CC(=O)Oc1cccc(O)c1C(=O)O. The molecule has 0 amide bonds. The van der Waals surface area contributed by atoms with E-state index >= 15 is 0 Å². The van der Waals surface area contributed by atoms with E-state index in [0.29, 0.717) is 0 Å². The zero-order valence-corrected chi connectivity index (χ0v) is 7.35. The van der Waals surface area contributed by atoms with Crippen LogP contribution in [0.3, 0.4) is 0 Å². The van der Waals surface area contributed by atoms with Crippen LogP contribution in [0.1, 0.15) is 17.3 Å². The third kappa shape index (κ3) is 2.01. The molecule has 0 aliphatic rings. The Morgan fingerprint density at radius 2 is 2.00 bits per heavy atom. The van der Waals surface area contributed by atoms with Gasteiger partial charge in [0.05, 0.1) is 0 Å². The minimum absolute atomic E-state index is 0.162. The zero-order valence-electron chi connectivity index (χ0n) is 7.35. The fraction of sp³-hybridized carbons (Fsp3) is 0.111. The molecule has 0 spiro atoms. The van der Waals surface area contributed by atoms with E-state index in [2.05, 4.69) is 4.74 Å². The van der Waals surface area contributed by atoms with Crippen molar-refractivity contribution in [3.63, 3.8) is 0 Å². The first-order chi connectivity index (χ1) is 6.52. The zero-order chi connectivity index (χ0) is 10.7. The van der Waals surface area contributed by atoms with E-state index in [1.54, 1.807) is 0 Å². The first-order valence-corrected chi connectivity index (χ1v) is 3.76. The third-order valence-corrected chi connectivity index (χ3v) is 1.47. The molecule has 0 aliphatic heterocycles. The molecule has 0 atom stereocenters. The number of phenols is 1. The normalized spacial score (nSPS) is 9.50. The number of esters is 1. The van der Waals surface area contributed by atoms with Gasteiger partial charge in [-0.1, -0.05) is 6.07 Å². The second-order valence-corrected chi connectivity index (χ2v) is 2.55. The van der Waals surface area contributed by atoms with Crippen LogP contribution >= 0.6 is 0 Å². The number of benzene rings is 1. The lowest BCUT2D eigenvalue weighted by molar-refractivity contribution is -0.131. The van der Waals surface area contributed by atoms with Crippen LogP contribution < -0.4 is 4.74 Å². The van der Waals surface area contributed by atoms with Crippen molar-refractivity contribution < 1.29 is 24.5 Å². The Morgan fingerprint density at radius 3 is 2.50 bits per heavy atom. The number of carbonyl (C=O) groups excluding carboxylic acids is 1. The highest BCUT2D eigenvalue weighted by Crippen LogP contribution is 2.27. The quantitative estimate of drug-likeness (QED) is 0.544. The number of hydrogen-bond donors (Lipinski definition) is 2. The highest BCUT2D eigenvalue weighted by Gasteiger charge is 2.17. The lowest BCUT2D eigenvalue weighted by Crippen LogP contribution is -2.07. The predicted octanol–water partition coefficient (Wildman–Crippen LogP) is 1.02. The summed E-state index contributed by atoms with van der Waals surface area (Å²) in [6.45, 7) is 1.15. The van der Waals surface area contributed by atoms with Gasteiger partial charge < -0.3 is 14.9 Å². The van der Waals surface area contributed by atoms with E-state index in [-0.39, 0.29) is 5.75 Å². The van der Waals surface area contributed by atoms with Crippen molar-refractivity contribution >= 4 is 11.9 Å². The molecule has 74 valence electrons. The van der Waals surface area contributed by atoms with Gasteiger partial charge in [0.1, 0.15) is 17.1 Å². The van der Waals surface area contributed by atoms with Gasteiger partial charge in [0.15, 0.2) is 0 Å². The number of aromatic carboxylic acids is 1. The summed E-state index contributed by atoms with van der Waals surface area (Å²) in [6, 6.07) is 3.89. The summed E-state index contributed by atoms with van der Waals surface area (Å²) in [7, 11) is 0. The molecule has 0 saturated heterocycles. The van der Waals surface area contributed by atoms with Gasteiger partial charge in [-0.15, -0.1) is 0 Å². The number of carboxylic acid groups (broad SMARTS) is 1. The number of carbonyl (C=O) groups is 2. The monoisotopic (exact) mass is 196 g/mol. The van der Waals surface area contributed by atoms with Crippen molar-refractivity contribution in [2.45, 2.75) is 6.92 Å². The largest absolute Gasteiger partial charge is 0.507 e. The number of carboxylic acids is 1. The highest BCUT2D eigenvalue weighted by molar-refractivity contribution is 5.94. The molecule has 1 aromatic carbocycles. The lowest BCUT2D eigenvalue weighted by atomic mass is 10.2. The maximum atomic E-state index is 10.7. The lowest BCUT2D eigenvalue weighted by Gasteiger charge is -2.06. The van der Waals surface area contributed by atoms with Crippen LogP contribution in [0.2, 0.25) is 0 Å². The number of rotatable bonds is 2. The maximum absolute atomic E-state index is 10.7. The van der Waals surface area contributed by atoms with Crippen LogP contribution in [0.5, 0.6) is 11.5 Å². The molecule has 0 aliphatic carbocycles. The molecule has 0 fully saturated rings. The Bertz CT molecular complexity index is 383. The maximum Gasteiger partial charge on any atom is 0.343 e. The van der Waals surface area contributed by atoms with Gasteiger partial charge in [0, 0.05) is 6.92 Å². The molecule has 1 aromatic rings.